The lowest BCUT2D eigenvalue weighted by Gasteiger charge is -2.19. The van der Waals surface area contributed by atoms with E-state index in [2.05, 4.69) is 19.2 Å². The molecule has 16 heavy (non-hydrogen) atoms. The molecule has 0 aromatic heterocycles. The first-order valence-electron chi connectivity index (χ1n) is 5.72. The minimum absolute atomic E-state index is 0.00567. The number of benzene rings is 1. The minimum atomic E-state index is -0.210. The van der Waals surface area contributed by atoms with Crippen LogP contribution < -0.4 is 5.32 Å². The molecule has 1 aromatic carbocycles. The summed E-state index contributed by atoms with van der Waals surface area (Å²) in [6.45, 7) is 4.96. The Kier molecular flexibility index (Phi) is 3.15. The van der Waals surface area contributed by atoms with E-state index >= 15 is 0 Å². The molecule has 1 aliphatic rings. The fourth-order valence-electron chi connectivity index (χ4n) is 2.05. The van der Waals surface area contributed by atoms with Gasteiger partial charge in [-0.05, 0) is 44.9 Å². The molecule has 1 aliphatic heterocycles. The summed E-state index contributed by atoms with van der Waals surface area (Å²) in [5.41, 5.74) is 0.808. The normalized spacial score (nSPS) is 23.3. The summed E-state index contributed by atoms with van der Waals surface area (Å²) in [4.78, 5) is 0. The maximum Gasteiger partial charge on any atom is 0.125 e. The summed E-state index contributed by atoms with van der Waals surface area (Å²) in [5, 5.41) is 3.20. The molecule has 1 unspecified atom stereocenters. The van der Waals surface area contributed by atoms with Crippen LogP contribution in [0.3, 0.4) is 0 Å². The molecule has 1 fully saturated rings. The molecule has 0 saturated carbocycles. The lowest BCUT2D eigenvalue weighted by molar-refractivity contribution is -0.00911. The van der Waals surface area contributed by atoms with Crippen molar-refractivity contribution in [1.29, 1.82) is 0 Å². The van der Waals surface area contributed by atoms with Crippen LogP contribution in [0.5, 0.6) is 0 Å². The fourth-order valence-corrected chi connectivity index (χ4v) is 2.05. The SMILES string of the molecule is CC1(C)CCC(CNc2cccc(F)c2)O1. The first-order valence-corrected chi connectivity index (χ1v) is 5.72. The molecule has 0 aliphatic carbocycles. The highest BCUT2D eigenvalue weighted by molar-refractivity contribution is 5.43. The van der Waals surface area contributed by atoms with Gasteiger partial charge >= 0.3 is 0 Å². The largest absolute Gasteiger partial charge is 0.382 e. The molecule has 1 aromatic rings. The van der Waals surface area contributed by atoms with Gasteiger partial charge in [0.1, 0.15) is 5.82 Å². The Morgan fingerprint density at radius 3 is 2.94 bits per heavy atom. The topological polar surface area (TPSA) is 21.3 Å². The summed E-state index contributed by atoms with van der Waals surface area (Å²) in [5.74, 6) is -0.210. The fraction of sp³-hybridized carbons (Fsp3) is 0.538. The van der Waals surface area contributed by atoms with Crippen LogP contribution in [-0.2, 0) is 4.74 Å². The van der Waals surface area contributed by atoms with Gasteiger partial charge in [0, 0.05) is 12.2 Å². The highest BCUT2D eigenvalue weighted by Crippen LogP contribution is 2.29. The van der Waals surface area contributed by atoms with Crippen LogP contribution in [0.1, 0.15) is 26.7 Å². The average molecular weight is 223 g/mol. The zero-order valence-electron chi connectivity index (χ0n) is 9.79. The summed E-state index contributed by atoms with van der Waals surface area (Å²) in [7, 11) is 0. The molecular weight excluding hydrogens is 205 g/mol. The van der Waals surface area contributed by atoms with E-state index in [1.165, 1.54) is 12.1 Å². The van der Waals surface area contributed by atoms with E-state index in [4.69, 9.17) is 4.74 Å². The molecule has 0 spiro atoms. The standard InChI is InChI=1S/C13H18FNO/c1-13(2)7-6-12(16-13)9-15-11-5-3-4-10(14)8-11/h3-5,8,12,15H,6-7,9H2,1-2H3. The van der Waals surface area contributed by atoms with Gasteiger partial charge in [0.05, 0.1) is 11.7 Å². The molecule has 0 radical (unpaired) electrons. The van der Waals surface area contributed by atoms with Gasteiger partial charge in [-0.1, -0.05) is 6.07 Å². The molecule has 1 saturated heterocycles. The zero-order chi connectivity index (χ0) is 11.6. The number of hydrogen-bond donors (Lipinski definition) is 1. The van der Waals surface area contributed by atoms with Gasteiger partial charge in [0.2, 0.25) is 0 Å². The Labute approximate surface area is 95.8 Å². The second-order valence-electron chi connectivity index (χ2n) is 4.93. The number of anilines is 1. The molecule has 2 nitrogen and oxygen atoms in total. The van der Waals surface area contributed by atoms with Crippen molar-refractivity contribution >= 4 is 5.69 Å². The molecule has 88 valence electrons. The molecule has 2 rings (SSSR count). The first-order chi connectivity index (χ1) is 7.55. The lowest BCUT2D eigenvalue weighted by Crippen LogP contribution is -2.24. The van der Waals surface area contributed by atoms with Gasteiger partial charge in [-0.15, -0.1) is 0 Å². The number of rotatable bonds is 3. The molecule has 3 heteroatoms. The van der Waals surface area contributed by atoms with Crippen molar-refractivity contribution in [3.05, 3.63) is 30.1 Å². The maximum atomic E-state index is 12.9. The molecular formula is C13H18FNO. The highest BCUT2D eigenvalue weighted by Gasteiger charge is 2.31. The molecule has 0 bridgehead atoms. The van der Waals surface area contributed by atoms with Gasteiger partial charge in [-0.2, -0.15) is 0 Å². The van der Waals surface area contributed by atoms with Gasteiger partial charge < -0.3 is 10.1 Å². The van der Waals surface area contributed by atoms with E-state index in [1.54, 1.807) is 6.07 Å². The number of nitrogens with one attached hydrogen (secondary N) is 1. The first kappa shape index (κ1) is 11.4. The van der Waals surface area contributed by atoms with Crippen molar-refractivity contribution in [1.82, 2.24) is 0 Å². The third-order valence-electron chi connectivity index (χ3n) is 2.91. The van der Waals surface area contributed by atoms with Crippen LogP contribution >= 0.6 is 0 Å². The minimum Gasteiger partial charge on any atom is -0.382 e. The summed E-state index contributed by atoms with van der Waals surface area (Å²) in [6, 6.07) is 6.51. The summed E-state index contributed by atoms with van der Waals surface area (Å²) < 4.78 is 18.8. The molecule has 1 atom stereocenters. The average Bonchev–Trinajstić information content (AvgIpc) is 2.56. The van der Waals surface area contributed by atoms with Crippen LogP contribution in [0.15, 0.2) is 24.3 Å². The Morgan fingerprint density at radius 1 is 1.50 bits per heavy atom. The number of halogens is 1. The van der Waals surface area contributed by atoms with E-state index in [1.807, 2.05) is 6.07 Å². The van der Waals surface area contributed by atoms with E-state index in [0.717, 1.165) is 25.1 Å². The van der Waals surface area contributed by atoms with Crippen molar-refractivity contribution in [3.63, 3.8) is 0 Å². The van der Waals surface area contributed by atoms with Gasteiger partial charge in [0.25, 0.3) is 0 Å². The van der Waals surface area contributed by atoms with Crippen LogP contribution in [0, 0.1) is 5.82 Å². The van der Waals surface area contributed by atoms with Crippen molar-refractivity contribution in [2.24, 2.45) is 0 Å². The Bertz CT molecular complexity index is 365. The van der Waals surface area contributed by atoms with E-state index < -0.39 is 0 Å². The van der Waals surface area contributed by atoms with Crippen molar-refractivity contribution < 1.29 is 9.13 Å². The van der Waals surface area contributed by atoms with Crippen molar-refractivity contribution in [2.45, 2.75) is 38.4 Å². The van der Waals surface area contributed by atoms with Gasteiger partial charge in [0.15, 0.2) is 0 Å². The Balaban J connectivity index is 1.84. The summed E-state index contributed by atoms with van der Waals surface area (Å²) >= 11 is 0. The van der Waals surface area contributed by atoms with E-state index in [-0.39, 0.29) is 17.5 Å². The predicted molar refractivity (Wildman–Crippen MR) is 63.1 cm³/mol. The predicted octanol–water partition coefficient (Wildman–Crippen LogP) is 3.20. The van der Waals surface area contributed by atoms with E-state index in [0.29, 0.717) is 0 Å². The molecule has 0 amide bonds. The Morgan fingerprint density at radius 2 is 2.31 bits per heavy atom. The summed E-state index contributed by atoms with van der Waals surface area (Å²) in [6.07, 6.45) is 2.39. The van der Waals surface area contributed by atoms with Crippen LogP contribution in [0.25, 0.3) is 0 Å². The number of hydrogen-bond acceptors (Lipinski definition) is 2. The van der Waals surface area contributed by atoms with Crippen molar-refractivity contribution in [2.75, 3.05) is 11.9 Å². The second-order valence-corrected chi connectivity index (χ2v) is 4.93. The molecule has 1 N–H and O–H groups in total. The monoisotopic (exact) mass is 223 g/mol. The highest BCUT2D eigenvalue weighted by atomic mass is 19.1. The van der Waals surface area contributed by atoms with Gasteiger partial charge in [-0.25, -0.2) is 4.39 Å². The van der Waals surface area contributed by atoms with Crippen LogP contribution in [-0.4, -0.2) is 18.2 Å². The van der Waals surface area contributed by atoms with Crippen LogP contribution in [0.4, 0.5) is 10.1 Å². The third kappa shape index (κ3) is 2.95. The lowest BCUT2D eigenvalue weighted by atomic mass is 10.1. The van der Waals surface area contributed by atoms with Crippen molar-refractivity contribution in [3.8, 4) is 0 Å². The number of ether oxygens (including phenoxy) is 1. The quantitative estimate of drug-likeness (QED) is 0.849. The van der Waals surface area contributed by atoms with Crippen LogP contribution in [0.2, 0.25) is 0 Å². The smallest absolute Gasteiger partial charge is 0.125 e. The third-order valence-corrected chi connectivity index (χ3v) is 2.91. The molecule has 1 heterocycles. The Hall–Kier alpha value is -1.09. The van der Waals surface area contributed by atoms with E-state index in [9.17, 15) is 4.39 Å². The second kappa shape index (κ2) is 4.42. The zero-order valence-corrected chi connectivity index (χ0v) is 9.79. The van der Waals surface area contributed by atoms with Gasteiger partial charge in [-0.3, -0.25) is 0 Å². The maximum absolute atomic E-state index is 12.9.